The van der Waals surface area contributed by atoms with E-state index in [1.54, 1.807) is 36.5 Å². The van der Waals surface area contributed by atoms with Crippen molar-refractivity contribution in [2.24, 2.45) is 0 Å². The summed E-state index contributed by atoms with van der Waals surface area (Å²) in [7, 11) is 0. The molecule has 0 bridgehead atoms. The molecular weight excluding hydrogens is 214 g/mol. The largest absolute Gasteiger partial charge is 0.507 e. The summed E-state index contributed by atoms with van der Waals surface area (Å²) in [5.74, 6) is -0.253. The van der Waals surface area contributed by atoms with Crippen molar-refractivity contribution in [3.8, 4) is 5.75 Å². The molecule has 0 saturated heterocycles. The van der Waals surface area contributed by atoms with Crippen molar-refractivity contribution >= 4 is 11.9 Å². The van der Waals surface area contributed by atoms with Crippen LogP contribution >= 0.6 is 0 Å². The van der Waals surface area contributed by atoms with Crippen LogP contribution in [0.2, 0.25) is 0 Å². The number of pyridine rings is 1. The van der Waals surface area contributed by atoms with E-state index in [0.717, 1.165) is 0 Å². The fourth-order valence-electron chi connectivity index (χ4n) is 1.41. The molecule has 1 aromatic heterocycles. The lowest BCUT2D eigenvalue weighted by atomic mass is 10.1. The minimum atomic E-state index is -0.242. The number of aromatic hydroxyl groups is 1. The standard InChI is InChI=1S/C14H11NO2/c16-13-7-2-1-6-12(13)14(17)9-8-11-5-3-4-10-15-11/h1-10,16H/b9-8+. The zero-order valence-corrected chi connectivity index (χ0v) is 9.08. The highest BCUT2D eigenvalue weighted by Crippen LogP contribution is 2.16. The van der Waals surface area contributed by atoms with E-state index in [1.165, 1.54) is 12.1 Å². The molecule has 84 valence electrons. The van der Waals surface area contributed by atoms with Crippen molar-refractivity contribution in [1.29, 1.82) is 0 Å². The minimum Gasteiger partial charge on any atom is -0.507 e. The second kappa shape index (κ2) is 5.07. The normalized spacial score (nSPS) is 10.6. The van der Waals surface area contributed by atoms with Crippen LogP contribution in [0.3, 0.4) is 0 Å². The van der Waals surface area contributed by atoms with Gasteiger partial charge in [-0.25, -0.2) is 0 Å². The third-order valence-electron chi connectivity index (χ3n) is 2.26. The highest BCUT2D eigenvalue weighted by atomic mass is 16.3. The summed E-state index contributed by atoms with van der Waals surface area (Å²) in [5, 5.41) is 9.51. The SMILES string of the molecule is O=C(/C=C/c1ccccn1)c1ccccc1O. The third-order valence-corrected chi connectivity index (χ3v) is 2.26. The average molecular weight is 225 g/mol. The first-order chi connectivity index (χ1) is 8.27. The van der Waals surface area contributed by atoms with Crippen LogP contribution in [-0.4, -0.2) is 15.9 Å². The van der Waals surface area contributed by atoms with Crippen LogP contribution in [0.5, 0.6) is 5.75 Å². The Morgan fingerprint density at radius 2 is 1.88 bits per heavy atom. The molecule has 0 fully saturated rings. The molecule has 3 heteroatoms. The highest BCUT2D eigenvalue weighted by molar-refractivity contribution is 6.08. The van der Waals surface area contributed by atoms with Crippen LogP contribution in [0.15, 0.2) is 54.7 Å². The van der Waals surface area contributed by atoms with E-state index in [2.05, 4.69) is 4.98 Å². The van der Waals surface area contributed by atoms with E-state index in [4.69, 9.17) is 0 Å². The molecule has 1 heterocycles. The van der Waals surface area contributed by atoms with Gasteiger partial charge in [0.2, 0.25) is 0 Å². The molecule has 0 spiro atoms. The van der Waals surface area contributed by atoms with Gasteiger partial charge in [0, 0.05) is 6.20 Å². The van der Waals surface area contributed by atoms with Crippen molar-refractivity contribution in [3.05, 3.63) is 66.0 Å². The zero-order chi connectivity index (χ0) is 12.1. The summed E-state index contributed by atoms with van der Waals surface area (Å²) in [4.78, 5) is 15.8. The quantitative estimate of drug-likeness (QED) is 0.645. The molecule has 0 unspecified atom stereocenters. The maximum absolute atomic E-state index is 11.8. The Kier molecular flexibility index (Phi) is 3.31. The topological polar surface area (TPSA) is 50.2 Å². The van der Waals surface area contributed by atoms with Crippen LogP contribution in [-0.2, 0) is 0 Å². The molecule has 1 aromatic carbocycles. The second-order valence-electron chi connectivity index (χ2n) is 3.47. The fourth-order valence-corrected chi connectivity index (χ4v) is 1.41. The van der Waals surface area contributed by atoms with Gasteiger partial charge in [-0.3, -0.25) is 9.78 Å². The molecule has 0 saturated carbocycles. The molecular formula is C14H11NO2. The van der Waals surface area contributed by atoms with Gasteiger partial charge in [0.25, 0.3) is 0 Å². The van der Waals surface area contributed by atoms with Gasteiger partial charge in [0.1, 0.15) is 5.75 Å². The number of nitrogens with zero attached hydrogens (tertiary/aromatic N) is 1. The van der Waals surface area contributed by atoms with E-state index in [-0.39, 0.29) is 11.5 Å². The first kappa shape index (κ1) is 11.1. The summed E-state index contributed by atoms with van der Waals surface area (Å²) in [6, 6.07) is 11.9. The number of carbonyl (C=O) groups is 1. The van der Waals surface area contributed by atoms with Gasteiger partial charge in [-0.05, 0) is 36.4 Å². The second-order valence-corrected chi connectivity index (χ2v) is 3.47. The number of ketones is 1. The number of phenolic OH excluding ortho intramolecular Hbond substituents is 1. The van der Waals surface area contributed by atoms with Crippen molar-refractivity contribution in [1.82, 2.24) is 4.98 Å². The Morgan fingerprint density at radius 3 is 2.59 bits per heavy atom. The molecule has 0 aliphatic rings. The van der Waals surface area contributed by atoms with E-state index in [9.17, 15) is 9.90 Å². The number of allylic oxidation sites excluding steroid dienone is 1. The van der Waals surface area contributed by atoms with E-state index < -0.39 is 0 Å². The zero-order valence-electron chi connectivity index (χ0n) is 9.08. The van der Waals surface area contributed by atoms with Gasteiger partial charge in [0.05, 0.1) is 11.3 Å². The monoisotopic (exact) mass is 225 g/mol. The van der Waals surface area contributed by atoms with Crippen LogP contribution in [0, 0.1) is 0 Å². The Balaban J connectivity index is 2.18. The predicted molar refractivity (Wildman–Crippen MR) is 65.7 cm³/mol. The number of rotatable bonds is 3. The molecule has 17 heavy (non-hydrogen) atoms. The summed E-state index contributed by atoms with van der Waals surface area (Å²) in [5.41, 5.74) is 0.996. The van der Waals surface area contributed by atoms with E-state index in [0.29, 0.717) is 11.3 Å². The van der Waals surface area contributed by atoms with Crippen molar-refractivity contribution in [2.45, 2.75) is 0 Å². The van der Waals surface area contributed by atoms with Gasteiger partial charge >= 0.3 is 0 Å². The Labute approximate surface area is 99.1 Å². The van der Waals surface area contributed by atoms with Crippen LogP contribution in [0.4, 0.5) is 0 Å². The summed E-state index contributed by atoms with van der Waals surface area (Å²) >= 11 is 0. The number of hydrogen-bond acceptors (Lipinski definition) is 3. The van der Waals surface area contributed by atoms with Gasteiger partial charge in [-0.2, -0.15) is 0 Å². The minimum absolute atomic E-state index is 0.0110. The lowest BCUT2D eigenvalue weighted by Crippen LogP contribution is -1.94. The number of para-hydroxylation sites is 1. The lowest BCUT2D eigenvalue weighted by molar-refractivity contribution is 0.104. The van der Waals surface area contributed by atoms with Crippen molar-refractivity contribution in [2.75, 3.05) is 0 Å². The number of benzene rings is 1. The smallest absolute Gasteiger partial charge is 0.189 e. The molecule has 3 nitrogen and oxygen atoms in total. The Bertz CT molecular complexity index is 547. The summed E-state index contributed by atoms with van der Waals surface area (Å²) < 4.78 is 0. The van der Waals surface area contributed by atoms with Crippen molar-refractivity contribution < 1.29 is 9.90 Å². The number of carbonyl (C=O) groups excluding carboxylic acids is 1. The maximum Gasteiger partial charge on any atom is 0.189 e. The maximum atomic E-state index is 11.8. The molecule has 2 rings (SSSR count). The lowest BCUT2D eigenvalue weighted by Gasteiger charge is -1.98. The number of hydrogen-bond donors (Lipinski definition) is 1. The Morgan fingerprint density at radius 1 is 1.12 bits per heavy atom. The van der Waals surface area contributed by atoms with Crippen LogP contribution < -0.4 is 0 Å². The predicted octanol–water partition coefficient (Wildman–Crippen LogP) is 2.68. The molecule has 1 N–H and O–H groups in total. The summed E-state index contributed by atoms with van der Waals surface area (Å²) in [6.07, 6.45) is 4.68. The third kappa shape index (κ3) is 2.78. The fraction of sp³-hybridized carbons (Fsp3) is 0. The molecule has 0 aliphatic carbocycles. The van der Waals surface area contributed by atoms with Gasteiger partial charge in [-0.15, -0.1) is 0 Å². The van der Waals surface area contributed by atoms with E-state index >= 15 is 0 Å². The summed E-state index contributed by atoms with van der Waals surface area (Å²) in [6.45, 7) is 0. The van der Waals surface area contributed by atoms with Gasteiger partial charge < -0.3 is 5.11 Å². The van der Waals surface area contributed by atoms with Gasteiger partial charge in [0.15, 0.2) is 5.78 Å². The van der Waals surface area contributed by atoms with Crippen LogP contribution in [0.1, 0.15) is 16.1 Å². The van der Waals surface area contributed by atoms with Crippen LogP contribution in [0.25, 0.3) is 6.08 Å². The molecule has 0 radical (unpaired) electrons. The van der Waals surface area contributed by atoms with Crippen molar-refractivity contribution in [3.63, 3.8) is 0 Å². The molecule has 0 aliphatic heterocycles. The molecule has 0 amide bonds. The Hall–Kier alpha value is -2.42. The first-order valence-electron chi connectivity index (χ1n) is 5.19. The number of aromatic nitrogens is 1. The number of phenols is 1. The highest BCUT2D eigenvalue weighted by Gasteiger charge is 2.06. The first-order valence-corrected chi connectivity index (χ1v) is 5.19. The molecule has 0 atom stereocenters. The van der Waals surface area contributed by atoms with E-state index in [1.807, 2.05) is 12.1 Å². The molecule has 2 aromatic rings. The average Bonchev–Trinajstić information content (AvgIpc) is 2.38. The van der Waals surface area contributed by atoms with Gasteiger partial charge in [-0.1, -0.05) is 18.2 Å².